The van der Waals surface area contributed by atoms with Crippen LogP contribution in [0.2, 0.25) is 0 Å². The fourth-order valence-electron chi connectivity index (χ4n) is 1.21. The standard InChI is InChI=1S/C10H15NO5S/c1-17-5-2-7(10(13)14)11-9(12)8-6-15-3-4-16-8/h6-7H,2-5H2,1H3,(H,11,12)(H,13,14). The van der Waals surface area contributed by atoms with Crippen LogP contribution in [0.15, 0.2) is 12.0 Å². The summed E-state index contributed by atoms with van der Waals surface area (Å²) in [6, 6.07) is -0.902. The van der Waals surface area contributed by atoms with E-state index < -0.39 is 17.9 Å². The predicted octanol–water partition coefficient (Wildman–Crippen LogP) is 0.197. The molecule has 0 saturated carbocycles. The van der Waals surface area contributed by atoms with E-state index in [0.717, 1.165) is 0 Å². The highest BCUT2D eigenvalue weighted by atomic mass is 32.2. The summed E-state index contributed by atoms with van der Waals surface area (Å²) in [5.41, 5.74) is 0. The molecule has 0 aromatic carbocycles. The van der Waals surface area contributed by atoms with Gasteiger partial charge in [0.05, 0.1) is 0 Å². The summed E-state index contributed by atoms with van der Waals surface area (Å²) in [6.45, 7) is 0.688. The number of aliphatic carboxylic acids is 1. The summed E-state index contributed by atoms with van der Waals surface area (Å²) >= 11 is 1.52. The maximum atomic E-state index is 11.6. The molecule has 2 N–H and O–H groups in total. The number of thioether (sulfide) groups is 1. The number of hydrogen-bond donors (Lipinski definition) is 2. The topological polar surface area (TPSA) is 84.9 Å². The van der Waals surface area contributed by atoms with Gasteiger partial charge in [-0.1, -0.05) is 0 Å². The average molecular weight is 261 g/mol. The number of nitrogens with one attached hydrogen (secondary N) is 1. The van der Waals surface area contributed by atoms with Gasteiger partial charge in [0.1, 0.15) is 25.5 Å². The molecule has 1 amide bonds. The predicted molar refractivity (Wildman–Crippen MR) is 62.6 cm³/mol. The van der Waals surface area contributed by atoms with Gasteiger partial charge in [-0.05, 0) is 18.4 Å². The Labute approximate surface area is 103 Å². The van der Waals surface area contributed by atoms with E-state index in [-0.39, 0.29) is 5.76 Å². The minimum Gasteiger partial charge on any atom is -0.494 e. The van der Waals surface area contributed by atoms with Gasteiger partial charge in [0.25, 0.3) is 5.91 Å². The van der Waals surface area contributed by atoms with Gasteiger partial charge in [-0.2, -0.15) is 11.8 Å². The van der Waals surface area contributed by atoms with Crippen molar-refractivity contribution >= 4 is 23.6 Å². The summed E-state index contributed by atoms with van der Waals surface area (Å²) in [5, 5.41) is 11.3. The van der Waals surface area contributed by atoms with Gasteiger partial charge in [0, 0.05) is 0 Å². The molecule has 7 heteroatoms. The van der Waals surface area contributed by atoms with Crippen molar-refractivity contribution in [1.29, 1.82) is 0 Å². The highest BCUT2D eigenvalue weighted by molar-refractivity contribution is 7.98. The number of carbonyl (C=O) groups excluding carboxylic acids is 1. The molecule has 1 aliphatic rings. The van der Waals surface area contributed by atoms with E-state index in [9.17, 15) is 9.59 Å². The minimum absolute atomic E-state index is 0.0200. The lowest BCUT2D eigenvalue weighted by Gasteiger charge is -2.18. The number of ether oxygens (including phenoxy) is 2. The largest absolute Gasteiger partial charge is 0.494 e. The number of hydrogen-bond acceptors (Lipinski definition) is 5. The molecule has 6 nitrogen and oxygen atoms in total. The third-order valence-electron chi connectivity index (χ3n) is 2.09. The number of amides is 1. The molecule has 17 heavy (non-hydrogen) atoms. The summed E-state index contributed by atoms with van der Waals surface area (Å²) in [4.78, 5) is 22.5. The van der Waals surface area contributed by atoms with E-state index in [2.05, 4.69) is 5.32 Å². The molecule has 1 unspecified atom stereocenters. The molecule has 0 aromatic rings. The second kappa shape index (κ2) is 7.05. The second-order valence-electron chi connectivity index (χ2n) is 3.35. The molecule has 1 heterocycles. The first-order valence-corrected chi connectivity index (χ1v) is 6.51. The number of carboxylic acids is 1. The van der Waals surface area contributed by atoms with Gasteiger partial charge in [-0.15, -0.1) is 0 Å². The first kappa shape index (κ1) is 13.7. The van der Waals surface area contributed by atoms with Gasteiger partial charge in [0.15, 0.2) is 0 Å². The Morgan fingerprint density at radius 1 is 1.59 bits per heavy atom. The van der Waals surface area contributed by atoms with E-state index >= 15 is 0 Å². The fraction of sp³-hybridized carbons (Fsp3) is 0.600. The van der Waals surface area contributed by atoms with Crippen LogP contribution in [0, 0.1) is 0 Å². The van der Waals surface area contributed by atoms with Crippen molar-refractivity contribution in [2.75, 3.05) is 25.2 Å². The zero-order valence-electron chi connectivity index (χ0n) is 9.47. The van der Waals surface area contributed by atoms with Crippen molar-refractivity contribution in [3.05, 3.63) is 12.0 Å². The van der Waals surface area contributed by atoms with Gasteiger partial charge in [-0.25, -0.2) is 4.79 Å². The van der Waals surface area contributed by atoms with Crippen LogP contribution in [0.5, 0.6) is 0 Å². The lowest BCUT2D eigenvalue weighted by atomic mass is 10.2. The third kappa shape index (κ3) is 4.56. The van der Waals surface area contributed by atoms with Gasteiger partial charge in [0.2, 0.25) is 5.76 Å². The molecule has 0 radical (unpaired) electrons. The van der Waals surface area contributed by atoms with E-state index in [4.69, 9.17) is 14.6 Å². The van der Waals surface area contributed by atoms with Crippen LogP contribution in [0.1, 0.15) is 6.42 Å². The maximum absolute atomic E-state index is 11.6. The lowest BCUT2D eigenvalue weighted by Crippen LogP contribution is -2.42. The molecule has 0 saturated heterocycles. The van der Waals surface area contributed by atoms with Gasteiger partial charge in [-0.3, -0.25) is 4.79 Å². The van der Waals surface area contributed by atoms with E-state index in [0.29, 0.717) is 25.4 Å². The van der Waals surface area contributed by atoms with Crippen LogP contribution in [-0.4, -0.2) is 48.2 Å². The molecule has 1 rings (SSSR count). The van der Waals surface area contributed by atoms with Crippen molar-refractivity contribution in [2.24, 2.45) is 0 Å². The van der Waals surface area contributed by atoms with Crippen molar-refractivity contribution in [1.82, 2.24) is 5.32 Å². The van der Waals surface area contributed by atoms with Crippen molar-refractivity contribution in [3.63, 3.8) is 0 Å². The normalized spacial score (nSPS) is 16.2. The molecule has 1 aliphatic heterocycles. The zero-order chi connectivity index (χ0) is 12.7. The van der Waals surface area contributed by atoms with Crippen LogP contribution in [-0.2, 0) is 19.1 Å². The Morgan fingerprint density at radius 3 is 2.88 bits per heavy atom. The lowest BCUT2D eigenvalue weighted by molar-refractivity contribution is -0.141. The van der Waals surface area contributed by atoms with Crippen molar-refractivity contribution in [3.8, 4) is 0 Å². The summed E-state index contributed by atoms with van der Waals surface area (Å²) in [7, 11) is 0. The SMILES string of the molecule is CSCCC(NC(=O)C1=COCCO1)C(=O)O. The highest BCUT2D eigenvalue weighted by Crippen LogP contribution is 2.06. The van der Waals surface area contributed by atoms with Crippen LogP contribution >= 0.6 is 11.8 Å². The summed E-state index contributed by atoms with van der Waals surface area (Å²) in [5.74, 6) is -0.928. The van der Waals surface area contributed by atoms with Crippen molar-refractivity contribution in [2.45, 2.75) is 12.5 Å². The zero-order valence-corrected chi connectivity index (χ0v) is 10.3. The molecule has 0 fully saturated rings. The van der Waals surface area contributed by atoms with Gasteiger partial charge >= 0.3 is 5.97 Å². The quantitative estimate of drug-likeness (QED) is 0.710. The molecule has 96 valence electrons. The van der Waals surface area contributed by atoms with E-state index in [1.807, 2.05) is 6.26 Å². The second-order valence-corrected chi connectivity index (χ2v) is 4.33. The summed E-state index contributed by atoms with van der Waals surface area (Å²) < 4.78 is 9.98. The summed E-state index contributed by atoms with van der Waals surface area (Å²) in [6.07, 6.45) is 3.45. The van der Waals surface area contributed by atoms with Gasteiger partial charge < -0.3 is 19.9 Å². The van der Waals surface area contributed by atoms with Crippen LogP contribution in [0.3, 0.4) is 0 Å². The van der Waals surface area contributed by atoms with Crippen LogP contribution in [0.25, 0.3) is 0 Å². The van der Waals surface area contributed by atoms with Crippen molar-refractivity contribution < 1.29 is 24.2 Å². The van der Waals surface area contributed by atoms with E-state index in [1.54, 1.807) is 0 Å². The Morgan fingerprint density at radius 2 is 2.35 bits per heavy atom. The molecule has 1 atom stereocenters. The average Bonchev–Trinajstić information content (AvgIpc) is 2.35. The minimum atomic E-state index is -1.05. The molecule has 0 aromatic heterocycles. The Balaban J connectivity index is 2.51. The van der Waals surface area contributed by atoms with E-state index in [1.165, 1.54) is 18.0 Å². The molecule has 0 bridgehead atoms. The first-order chi connectivity index (χ1) is 8.15. The number of rotatable bonds is 6. The molecular weight excluding hydrogens is 246 g/mol. The number of carbonyl (C=O) groups is 2. The Hall–Kier alpha value is -1.37. The molecule has 0 spiro atoms. The molecule has 0 aliphatic carbocycles. The third-order valence-corrected chi connectivity index (χ3v) is 2.73. The number of carboxylic acid groups (broad SMARTS) is 1. The van der Waals surface area contributed by atoms with Crippen LogP contribution in [0.4, 0.5) is 0 Å². The highest BCUT2D eigenvalue weighted by Gasteiger charge is 2.23. The Kier molecular flexibility index (Phi) is 5.68. The smallest absolute Gasteiger partial charge is 0.326 e. The Bertz CT molecular complexity index is 318. The van der Waals surface area contributed by atoms with Crippen LogP contribution < -0.4 is 5.32 Å². The fourth-order valence-corrected chi connectivity index (χ4v) is 1.68. The monoisotopic (exact) mass is 261 g/mol. The first-order valence-electron chi connectivity index (χ1n) is 5.12. The molecular formula is C10H15NO5S. The maximum Gasteiger partial charge on any atom is 0.326 e.